The fraction of sp³-hybridized carbons (Fsp3) is 0.333. The standard InChI is InChI=1S/C24H26N8OS/c1-32-14-16-11-18(7-8-19(16)24(15-32)9-10-24)27-23-26-13-17(12-25)22(30-23)29-20-5-4-6-21(28-20)31-34(2,3)33/h4-8,11,13H,9-10,14-15H2,1-3H3,(H2,26,27,28,29,30). The van der Waals surface area contributed by atoms with Crippen molar-refractivity contribution in [2.45, 2.75) is 24.8 Å². The highest BCUT2D eigenvalue weighted by Crippen LogP contribution is 2.52. The number of benzene rings is 1. The molecule has 2 aromatic heterocycles. The van der Waals surface area contributed by atoms with Crippen LogP contribution in [0.2, 0.25) is 0 Å². The molecule has 5 rings (SSSR count). The molecule has 34 heavy (non-hydrogen) atoms. The van der Waals surface area contributed by atoms with E-state index in [-0.39, 0.29) is 5.56 Å². The molecule has 0 radical (unpaired) electrons. The smallest absolute Gasteiger partial charge is 0.229 e. The van der Waals surface area contributed by atoms with Gasteiger partial charge in [-0.3, -0.25) is 0 Å². The topological polar surface area (TPSA) is 119 Å². The van der Waals surface area contributed by atoms with E-state index in [1.165, 1.54) is 30.2 Å². The molecular weight excluding hydrogens is 448 g/mol. The van der Waals surface area contributed by atoms with Crippen molar-refractivity contribution in [2.24, 2.45) is 4.36 Å². The second-order valence-corrected chi connectivity index (χ2v) is 11.8. The molecule has 174 valence electrons. The van der Waals surface area contributed by atoms with Gasteiger partial charge < -0.3 is 15.5 Å². The number of aromatic nitrogens is 3. The van der Waals surface area contributed by atoms with Gasteiger partial charge in [-0.2, -0.15) is 14.6 Å². The van der Waals surface area contributed by atoms with Crippen LogP contribution in [0.15, 0.2) is 47.0 Å². The van der Waals surface area contributed by atoms with E-state index in [4.69, 9.17) is 0 Å². The predicted octanol–water partition coefficient (Wildman–Crippen LogP) is 4.07. The van der Waals surface area contributed by atoms with Crippen LogP contribution in [-0.2, 0) is 21.7 Å². The van der Waals surface area contributed by atoms with Gasteiger partial charge >= 0.3 is 0 Å². The fourth-order valence-electron chi connectivity index (χ4n) is 4.49. The number of nitriles is 1. The highest BCUT2D eigenvalue weighted by Gasteiger charge is 2.48. The number of likely N-dealkylation sites (N-methyl/N-ethyl adjacent to an activating group) is 1. The number of anilines is 4. The average molecular weight is 475 g/mol. The molecule has 1 aromatic carbocycles. The number of hydrogen-bond donors (Lipinski definition) is 2. The van der Waals surface area contributed by atoms with Gasteiger partial charge in [0.2, 0.25) is 5.95 Å². The molecule has 1 aliphatic carbocycles. The second-order valence-electron chi connectivity index (χ2n) is 9.30. The van der Waals surface area contributed by atoms with E-state index in [2.05, 4.69) is 66.2 Å². The van der Waals surface area contributed by atoms with E-state index >= 15 is 0 Å². The summed E-state index contributed by atoms with van der Waals surface area (Å²) in [5.41, 5.74) is 4.31. The third-order valence-corrected chi connectivity index (χ3v) is 6.63. The molecule has 3 aromatic rings. The summed E-state index contributed by atoms with van der Waals surface area (Å²) < 4.78 is 16.1. The minimum atomic E-state index is -2.34. The predicted molar refractivity (Wildman–Crippen MR) is 133 cm³/mol. The van der Waals surface area contributed by atoms with Crippen molar-refractivity contribution in [1.29, 1.82) is 5.26 Å². The van der Waals surface area contributed by atoms with Gasteiger partial charge in [-0.15, -0.1) is 0 Å². The Morgan fingerprint density at radius 3 is 2.74 bits per heavy atom. The van der Waals surface area contributed by atoms with Crippen LogP contribution in [0.3, 0.4) is 0 Å². The van der Waals surface area contributed by atoms with Gasteiger partial charge in [0.05, 0.1) is 6.20 Å². The van der Waals surface area contributed by atoms with E-state index in [1.807, 2.05) is 0 Å². The summed E-state index contributed by atoms with van der Waals surface area (Å²) in [6, 6.07) is 13.7. The van der Waals surface area contributed by atoms with Crippen LogP contribution in [0, 0.1) is 11.3 Å². The first kappa shape index (κ1) is 22.3. The van der Waals surface area contributed by atoms with Crippen molar-refractivity contribution < 1.29 is 4.21 Å². The zero-order valence-electron chi connectivity index (χ0n) is 19.4. The molecule has 2 N–H and O–H groups in total. The Bertz CT molecular complexity index is 1430. The average Bonchev–Trinajstić information content (AvgIpc) is 3.52. The number of nitrogens with zero attached hydrogens (tertiary/aromatic N) is 6. The van der Waals surface area contributed by atoms with Crippen LogP contribution in [0.1, 0.15) is 29.5 Å². The van der Waals surface area contributed by atoms with Crippen LogP contribution in [0.5, 0.6) is 0 Å². The number of hydrogen-bond acceptors (Lipinski definition) is 9. The lowest BCUT2D eigenvalue weighted by Crippen LogP contribution is -2.35. The molecule has 0 amide bonds. The molecule has 1 saturated carbocycles. The first-order valence-electron chi connectivity index (χ1n) is 11.0. The lowest BCUT2D eigenvalue weighted by molar-refractivity contribution is 0.271. The monoisotopic (exact) mass is 474 g/mol. The molecule has 0 atom stereocenters. The summed E-state index contributed by atoms with van der Waals surface area (Å²) in [7, 11) is -0.174. The van der Waals surface area contributed by atoms with Gasteiger partial charge in [0.25, 0.3) is 0 Å². The zero-order valence-corrected chi connectivity index (χ0v) is 20.2. The van der Waals surface area contributed by atoms with Crippen molar-refractivity contribution in [2.75, 3.05) is 36.7 Å². The van der Waals surface area contributed by atoms with E-state index in [0.717, 1.165) is 18.8 Å². The molecule has 9 nitrogen and oxygen atoms in total. The van der Waals surface area contributed by atoms with Crippen molar-refractivity contribution >= 4 is 38.8 Å². The van der Waals surface area contributed by atoms with E-state index in [0.29, 0.717) is 28.8 Å². The van der Waals surface area contributed by atoms with Gasteiger partial charge in [-0.05, 0) is 55.3 Å². The summed E-state index contributed by atoms with van der Waals surface area (Å²) in [6.07, 6.45) is 7.08. The van der Waals surface area contributed by atoms with Gasteiger partial charge in [0.1, 0.15) is 17.5 Å². The largest absolute Gasteiger partial charge is 0.324 e. The Labute approximate surface area is 199 Å². The van der Waals surface area contributed by atoms with Gasteiger partial charge in [0.15, 0.2) is 11.6 Å². The maximum absolute atomic E-state index is 12.0. The third-order valence-electron chi connectivity index (χ3n) is 6.00. The summed E-state index contributed by atoms with van der Waals surface area (Å²) >= 11 is 0. The molecular formula is C24H26N8OS. The molecule has 0 saturated heterocycles. The van der Waals surface area contributed by atoms with Crippen molar-refractivity contribution in [3.63, 3.8) is 0 Å². The molecule has 10 heteroatoms. The number of fused-ring (bicyclic) bond motifs is 2. The van der Waals surface area contributed by atoms with Crippen LogP contribution < -0.4 is 10.6 Å². The zero-order chi connectivity index (χ0) is 23.9. The normalized spacial score (nSPS) is 16.4. The SMILES string of the molecule is CN1Cc2cc(Nc3ncc(C#N)c(Nc4cccc(N=S(C)(C)=O)n4)n3)ccc2C2(CC2)C1. The Morgan fingerprint density at radius 2 is 2.00 bits per heavy atom. The summed E-state index contributed by atoms with van der Waals surface area (Å²) in [5.74, 6) is 1.49. The van der Waals surface area contributed by atoms with Gasteiger partial charge in [0, 0.05) is 46.4 Å². The minimum absolute atomic E-state index is 0.284. The maximum atomic E-state index is 12.0. The second kappa shape index (κ2) is 8.34. The molecule has 0 unspecified atom stereocenters. The molecule has 3 heterocycles. The third kappa shape index (κ3) is 4.71. The molecule has 2 aliphatic rings. The van der Waals surface area contributed by atoms with Crippen LogP contribution >= 0.6 is 0 Å². The number of nitrogens with one attached hydrogen (secondary N) is 2. The Morgan fingerprint density at radius 1 is 1.18 bits per heavy atom. The molecule has 1 aliphatic heterocycles. The van der Waals surface area contributed by atoms with Gasteiger partial charge in [-0.1, -0.05) is 12.1 Å². The van der Waals surface area contributed by atoms with Crippen LogP contribution in [0.25, 0.3) is 0 Å². The van der Waals surface area contributed by atoms with Crippen LogP contribution in [0.4, 0.5) is 29.1 Å². The first-order chi connectivity index (χ1) is 16.2. The van der Waals surface area contributed by atoms with Crippen molar-refractivity contribution in [1.82, 2.24) is 19.9 Å². The first-order valence-corrected chi connectivity index (χ1v) is 13.3. The Balaban J connectivity index is 1.40. The quantitative estimate of drug-likeness (QED) is 0.568. The number of pyridine rings is 1. The Hall–Kier alpha value is -3.55. The molecule has 0 bridgehead atoms. The Kier molecular flexibility index (Phi) is 5.46. The molecule has 1 spiro atoms. The summed E-state index contributed by atoms with van der Waals surface area (Å²) in [6.45, 7) is 2.04. The summed E-state index contributed by atoms with van der Waals surface area (Å²) in [5, 5.41) is 15.9. The highest BCUT2D eigenvalue weighted by atomic mass is 32.2. The van der Waals surface area contributed by atoms with Crippen molar-refractivity contribution in [3.8, 4) is 6.07 Å². The van der Waals surface area contributed by atoms with Crippen LogP contribution in [-0.4, -0.2) is 50.2 Å². The van der Waals surface area contributed by atoms with E-state index in [9.17, 15) is 9.47 Å². The van der Waals surface area contributed by atoms with Crippen molar-refractivity contribution in [3.05, 3.63) is 59.3 Å². The minimum Gasteiger partial charge on any atom is -0.324 e. The lowest BCUT2D eigenvalue weighted by atomic mass is 9.87. The van der Waals surface area contributed by atoms with Gasteiger partial charge in [-0.25, -0.2) is 14.2 Å². The summed E-state index contributed by atoms with van der Waals surface area (Å²) in [4.78, 5) is 15.6. The molecule has 1 fully saturated rings. The van der Waals surface area contributed by atoms with E-state index in [1.54, 1.807) is 30.7 Å². The van der Waals surface area contributed by atoms with E-state index < -0.39 is 9.73 Å². The highest BCUT2D eigenvalue weighted by molar-refractivity contribution is 7.92. The number of rotatable bonds is 5. The fourth-order valence-corrected chi connectivity index (χ4v) is 5.04. The lowest BCUT2D eigenvalue weighted by Gasteiger charge is -2.32. The maximum Gasteiger partial charge on any atom is 0.229 e.